The van der Waals surface area contributed by atoms with E-state index < -0.39 is 22.4 Å². The zero-order valence-corrected chi connectivity index (χ0v) is 10.2. The van der Waals surface area contributed by atoms with Gasteiger partial charge in [0.05, 0.1) is 23.0 Å². The lowest BCUT2D eigenvalue weighted by molar-refractivity contribution is -0.385. The molecule has 0 N–H and O–H groups in total. The van der Waals surface area contributed by atoms with E-state index in [1.54, 1.807) is 6.07 Å². The first-order valence-corrected chi connectivity index (χ1v) is 5.11. The van der Waals surface area contributed by atoms with Crippen LogP contribution in [0.25, 0.3) is 0 Å². The van der Waals surface area contributed by atoms with E-state index in [1.807, 2.05) is 0 Å². The average molecular weight is 273 g/mol. The fourth-order valence-corrected chi connectivity index (χ4v) is 1.61. The van der Waals surface area contributed by atoms with Gasteiger partial charge in [-0.15, -0.1) is 0 Å². The van der Waals surface area contributed by atoms with Crippen LogP contribution < -0.4 is 4.90 Å². The van der Waals surface area contributed by atoms with Crippen LogP contribution in [0.1, 0.15) is 11.1 Å². The summed E-state index contributed by atoms with van der Waals surface area (Å²) >= 11 is 0. The number of hydrogen-bond acceptors (Lipinski definition) is 4. The summed E-state index contributed by atoms with van der Waals surface area (Å²) in [6.45, 7) is 0. The number of alkyl halides is 3. The van der Waals surface area contributed by atoms with Crippen molar-refractivity contribution >= 4 is 11.4 Å². The lowest BCUT2D eigenvalue weighted by atomic mass is 10.0. The Labute approximate surface area is 107 Å². The number of anilines is 1. The third-order valence-corrected chi connectivity index (χ3v) is 2.45. The number of nitro groups is 1. The van der Waals surface area contributed by atoms with Gasteiger partial charge in [-0.3, -0.25) is 10.1 Å². The first kappa shape index (κ1) is 14.8. The van der Waals surface area contributed by atoms with Crippen LogP contribution in [-0.4, -0.2) is 19.0 Å². The molecule has 1 rings (SSSR count). The molecule has 0 unspecified atom stereocenters. The summed E-state index contributed by atoms with van der Waals surface area (Å²) in [7, 11) is 2.79. The van der Waals surface area contributed by atoms with Gasteiger partial charge in [-0.2, -0.15) is 18.4 Å². The van der Waals surface area contributed by atoms with Crippen molar-refractivity contribution in [3.8, 4) is 6.07 Å². The summed E-state index contributed by atoms with van der Waals surface area (Å²) in [5, 5.41) is 19.3. The Balaban J connectivity index is 3.61. The molecule has 8 heteroatoms. The second-order valence-corrected chi connectivity index (χ2v) is 3.98. The predicted octanol–water partition coefficient (Wildman–Crippen LogP) is 2.75. The van der Waals surface area contributed by atoms with Gasteiger partial charge in [-0.25, -0.2) is 0 Å². The minimum absolute atomic E-state index is 0.0378. The standard InChI is InChI=1S/C11H10F3N3O2/c1-16(2)10-5-7(3-4-15)9(17(18)19)6-8(10)11(12,13)14/h5-6H,3H2,1-2H3. The summed E-state index contributed by atoms with van der Waals surface area (Å²) in [6, 6.07) is 3.21. The third-order valence-electron chi connectivity index (χ3n) is 2.45. The Kier molecular flexibility index (Phi) is 3.99. The molecule has 102 valence electrons. The maximum absolute atomic E-state index is 12.9. The van der Waals surface area contributed by atoms with Crippen molar-refractivity contribution in [1.82, 2.24) is 0 Å². The van der Waals surface area contributed by atoms with Crippen molar-refractivity contribution in [2.45, 2.75) is 12.6 Å². The van der Waals surface area contributed by atoms with Crippen molar-refractivity contribution in [3.05, 3.63) is 33.4 Å². The Bertz CT molecular complexity index is 547. The van der Waals surface area contributed by atoms with Gasteiger partial charge in [-0.05, 0) is 6.07 Å². The van der Waals surface area contributed by atoms with Crippen LogP contribution in [0.15, 0.2) is 12.1 Å². The molecular formula is C11H10F3N3O2. The first-order chi connectivity index (χ1) is 8.68. The summed E-state index contributed by atoms with van der Waals surface area (Å²) in [5.74, 6) is 0. The highest BCUT2D eigenvalue weighted by molar-refractivity contribution is 5.62. The molecule has 0 aliphatic heterocycles. The van der Waals surface area contributed by atoms with E-state index in [1.165, 1.54) is 19.0 Å². The highest BCUT2D eigenvalue weighted by atomic mass is 19.4. The maximum atomic E-state index is 12.9. The molecule has 0 saturated carbocycles. The smallest absolute Gasteiger partial charge is 0.377 e. The number of rotatable bonds is 3. The van der Waals surface area contributed by atoms with Crippen molar-refractivity contribution in [2.24, 2.45) is 0 Å². The highest BCUT2D eigenvalue weighted by Crippen LogP contribution is 2.39. The summed E-state index contributed by atoms with van der Waals surface area (Å²) in [5.41, 5.74) is -2.03. The normalized spacial score (nSPS) is 10.9. The third kappa shape index (κ3) is 3.13. The SMILES string of the molecule is CN(C)c1cc(CC#N)c([N+](=O)[O-])cc1C(F)(F)F. The van der Waals surface area contributed by atoms with Crippen molar-refractivity contribution in [2.75, 3.05) is 19.0 Å². The summed E-state index contributed by atoms with van der Waals surface area (Å²) < 4.78 is 38.6. The molecule has 5 nitrogen and oxygen atoms in total. The van der Waals surface area contributed by atoms with Gasteiger partial charge in [-0.1, -0.05) is 0 Å². The van der Waals surface area contributed by atoms with E-state index in [-0.39, 0.29) is 17.7 Å². The number of benzene rings is 1. The molecule has 1 aromatic rings. The van der Waals surface area contributed by atoms with E-state index in [4.69, 9.17) is 5.26 Å². The number of hydrogen-bond donors (Lipinski definition) is 0. The van der Waals surface area contributed by atoms with E-state index in [2.05, 4.69) is 0 Å². The second kappa shape index (κ2) is 5.14. The molecule has 0 spiro atoms. The van der Waals surface area contributed by atoms with Crippen molar-refractivity contribution in [1.29, 1.82) is 5.26 Å². The quantitative estimate of drug-likeness (QED) is 0.627. The number of halogens is 3. The first-order valence-electron chi connectivity index (χ1n) is 5.11. The Morgan fingerprint density at radius 1 is 1.42 bits per heavy atom. The molecule has 19 heavy (non-hydrogen) atoms. The zero-order valence-electron chi connectivity index (χ0n) is 10.2. The highest BCUT2D eigenvalue weighted by Gasteiger charge is 2.36. The number of nitrogens with zero attached hydrogens (tertiary/aromatic N) is 3. The molecule has 0 radical (unpaired) electrons. The van der Waals surface area contributed by atoms with Gasteiger partial charge in [0.15, 0.2) is 0 Å². The minimum atomic E-state index is -4.70. The van der Waals surface area contributed by atoms with E-state index in [9.17, 15) is 23.3 Å². The molecule has 0 heterocycles. The molecule has 0 aromatic heterocycles. The summed E-state index contributed by atoms with van der Waals surface area (Å²) in [6.07, 6.45) is -5.02. The molecule has 0 saturated heterocycles. The van der Waals surface area contributed by atoms with E-state index >= 15 is 0 Å². The molecule has 1 aromatic carbocycles. The van der Waals surface area contributed by atoms with Crippen molar-refractivity contribution in [3.63, 3.8) is 0 Å². The molecule has 0 bridgehead atoms. The second-order valence-electron chi connectivity index (χ2n) is 3.98. The topological polar surface area (TPSA) is 70.2 Å². The lowest BCUT2D eigenvalue weighted by Gasteiger charge is -2.20. The Hall–Kier alpha value is -2.30. The number of nitro benzene ring substituents is 1. The van der Waals surface area contributed by atoms with Crippen molar-refractivity contribution < 1.29 is 18.1 Å². The van der Waals surface area contributed by atoms with Crippen LogP contribution in [0.5, 0.6) is 0 Å². The lowest BCUT2D eigenvalue weighted by Crippen LogP contribution is -2.17. The van der Waals surface area contributed by atoms with Crippen LogP contribution in [0.3, 0.4) is 0 Å². The predicted molar refractivity (Wildman–Crippen MR) is 61.7 cm³/mol. The molecule has 0 amide bonds. The van der Waals surface area contributed by atoms with Gasteiger partial charge in [0.1, 0.15) is 0 Å². The largest absolute Gasteiger partial charge is 0.418 e. The molecule has 0 aliphatic rings. The fraction of sp³-hybridized carbons (Fsp3) is 0.364. The minimum Gasteiger partial charge on any atom is -0.377 e. The Morgan fingerprint density at radius 2 is 2.00 bits per heavy atom. The van der Waals surface area contributed by atoms with Crippen LogP contribution in [0.4, 0.5) is 24.5 Å². The number of nitriles is 1. The average Bonchev–Trinajstić information content (AvgIpc) is 2.26. The van der Waals surface area contributed by atoms with Crippen LogP contribution >= 0.6 is 0 Å². The monoisotopic (exact) mass is 273 g/mol. The molecule has 0 aliphatic carbocycles. The maximum Gasteiger partial charge on any atom is 0.418 e. The van der Waals surface area contributed by atoms with Crippen LogP contribution in [0, 0.1) is 21.4 Å². The van der Waals surface area contributed by atoms with Crippen LogP contribution in [-0.2, 0) is 12.6 Å². The summed E-state index contributed by atoms with van der Waals surface area (Å²) in [4.78, 5) is 11.1. The fourth-order valence-electron chi connectivity index (χ4n) is 1.61. The molecular weight excluding hydrogens is 263 g/mol. The van der Waals surface area contributed by atoms with Gasteiger partial charge in [0, 0.05) is 31.4 Å². The van der Waals surface area contributed by atoms with Gasteiger partial charge < -0.3 is 4.90 Å². The zero-order chi connectivity index (χ0) is 14.8. The van der Waals surface area contributed by atoms with E-state index in [0.29, 0.717) is 6.07 Å². The van der Waals surface area contributed by atoms with Gasteiger partial charge in [0.2, 0.25) is 0 Å². The Morgan fingerprint density at radius 3 is 2.37 bits per heavy atom. The van der Waals surface area contributed by atoms with Gasteiger partial charge in [0.25, 0.3) is 5.69 Å². The van der Waals surface area contributed by atoms with Crippen LogP contribution in [0.2, 0.25) is 0 Å². The molecule has 0 fully saturated rings. The van der Waals surface area contributed by atoms with Gasteiger partial charge >= 0.3 is 6.18 Å². The van der Waals surface area contributed by atoms with E-state index in [0.717, 1.165) is 6.07 Å². The molecule has 0 atom stereocenters.